The predicted molar refractivity (Wildman–Crippen MR) is 64.4 cm³/mol. The summed E-state index contributed by atoms with van der Waals surface area (Å²) in [6, 6.07) is 0. The number of hydrogen-bond donors (Lipinski definition) is 1. The van der Waals surface area contributed by atoms with Crippen molar-refractivity contribution in [1.29, 1.82) is 0 Å². The normalized spacial score (nSPS) is 14.4. The van der Waals surface area contributed by atoms with Crippen molar-refractivity contribution in [3.63, 3.8) is 0 Å². The maximum absolute atomic E-state index is 11.6. The molecule has 1 aliphatic rings. The van der Waals surface area contributed by atoms with Gasteiger partial charge in [0.1, 0.15) is 4.60 Å². The lowest BCUT2D eigenvalue weighted by atomic mass is 10.3. The summed E-state index contributed by atoms with van der Waals surface area (Å²) in [5, 5.41) is 2.56. The number of fused-ring (bicyclic) bond motifs is 1. The molecule has 17 heavy (non-hydrogen) atoms. The monoisotopic (exact) mass is 300 g/mol. The summed E-state index contributed by atoms with van der Waals surface area (Å²) >= 11 is 3.33. The van der Waals surface area contributed by atoms with E-state index in [0.29, 0.717) is 30.1 Å². The minimum atomic E-state index is -0.215. The SMILES string of the molecule is CNC(=O)c1nc(Br)c2n1CCN(C(C)=O)C2. The first kappa shape index (κ1) is 12.1. The van der Waals surface area contributed by atoms with E-state index in [-0.39, 0.29) is 11.8 Å². The Hall–Kier alpha value is -1.37. The van der Waals surface area contributed by atoms with Crippen molar-refractivity contribution >= 4 is 27.7 Å². The summed E-state index contributed by atoms with van der Waals surface area (Å²) in [5.74, 6) is 0.205. The molecule has 0 saturated carbocycles. The zero-order valence-corrected chi connectivity index (χ0v) is 11.2. The van der Waals surface area contributed by atoms with Crippen LogP contribution in [-0.4, -0.2) is 39.9 Å². The number of imidazole rings is 1. The van der Waals surface area contributed by atoms with Crippen LogP contribution < -0.4 is 5.32 Å². The van der Waals surface area contributed by atoms with Gasteiger partial charge in [0.15, 0.2) is 5.82 Å². The lowest BCUT2D eigenvalue weighted by Crippen LogP contribution is -2.38. The molecule has 0 atom stereocenters. The van der Waals surface area contributed by atoms with Crippen LogP contribution in [-0.2, 0) is 17.9 Å². The quantitative estimate of drug-likeness (QED) is 0.815. The molecule has 0 bridgehead atoms. The highest BCUT2D eigenvalue weighted by molar-refractivity contribution is 9.10. The summed E-state index contributed by atoms with van der Waals surface area (Å²) in [4.78, 5) is 28.9. The Morgan fingerprint density at radius 3 is 2.71 bits per heavy atom. The molecular formula is C10H13BrN4O2. The van der Waals surface area contributed by atoms with Gasteiger partial charge in [-0.3, -0.25) is 9.59 Å². The third kappa shape index (κ3) is 2.06. The number of carbonyl (C=O) groups is 2. The van der Waals surface area contributed by atoms with Crippen LogP contribution in [0.2, 0.25) is 0 Å². The van der Waals surface area contributed by atoms with Crippen molar-refractivity contribution < 1.29 is 9.59 Å². The molecular weight excluding hydrogens is 288 g/mol. The number of nitrogens with zero attached hydrogens (tertiary/aromatic N) is 3. The van der Waals surface area contributed by atoms with Gasteiger partial charge >= 0.3 is 0 Å². The zero-order chi connectivity index (χ0) is 12.6. The summed E-state index contributed by atoms with van der Waals surface area (Å²) in [6.07, 6.45) is 0. The summed E-state index contributed by atoms with van der Waals surface area (Å²) in [6.45, 7) is 3.23. The molecule has 0 unspecified atom stereocenters. The van der Waals surface area contributed by atoms with E-state index in [9.17, 15) is 9.59 Å². The highest BCUT2D eigenvalue weighted by atomic mass is 79.9. The van der Waals surface area contributed by atoms with E-state index in [1.54, 1.807) is 18.9 Å². The molecule has 0 aliphatic carbocycles. The minimum Gasteiger partial charge on any atom is -0.352 e. The molecule has 0 saturated heterocycles. The Labute approximate surface area is 107 Å². The van der Waals surface area contributed by atoms with E-state index in [1.165, 1.54) is 0 Å². The Morgan fingerprint density at radius 2 is 2.12 bits per heavy atom. The highest BCUT2D eigenvalue weighted by Crippen LogP contribution is 2.23. The van der Waals surface area contributed by atoms with Crippen molar-refractivity contribution in [3.05, 3.63) is 16.1 Å². The fraction of sp³-hybridized carbons (Fsp3) is 0.500. The summed E-state index contributed by atoms with van der Waals surface area (Å²) < 4.78 is 2.48. The fourth-order valence-electron chi connectivity index (χ4n) is 1.88. The first-order valence-electron chi connectivity index (χ1n) is 5.27. The van der Waals surface area contributed by atoms with Crippen molar-refractivity contribution in [3.8, 4) is 0 Å². The molecule has 92 valence electrons. The van der Waals surface area contributed by atoms with Crippen molar-refractivity contribution in [2.24, 2.45) is 0 Å². The predicted octanol–water partition coefficient (Wildman–Crippen LogP) is 0.367. The van der Waals surface area contributed by atoms with Crippen molar-refractivity contribution in [1.82, 2.24) is 19.8 Å². The Morgan fingerprint density at radius 1 is 1.41 bits per heavy atom. The van der Waals surface area contributed by atoms with E-state index >= 15 is 0 Å². The molecule has 1 aromatic rings. The van der Waals surface area contributed by atoms with E-state index in [0.717, 1.165) is 5.69 Å². The van der Waals surface area contributed by atoms with Gasteiger partial charge in [-0.15, -0.1) is 0 Å². The van der Waals surface area contributed by atoms with E-state index in [1.807, 2.05) is 4.57 Å². The second kappa shape index (κ2) is 4.48. The van der Waals surface area contributed by atoms with Gasteiger partial charge in [-0.25, -0.2) is 4.98 Å². The number of carbonyl (C=O) groups excluding carboxylic acids is 2. The largest absolute Gasteiger partial charge is 0.352 e. The molecule has 2 rings (SSSR count). The molecule has 6 nitrogen and oxygen atoms in total. The lowest BCUT2D eigenvalue weighted by molar-refractivity contribution is -0.130. The number of halogens is 1. The van der Waals surface area contributed by atoms with E-state index in [4.69, 9.17) is 0 Å². The third-order valence-corrected chi connectivity index (χ3v) is 3.47. The first-order valence-corrected chi connectivity index (χ1v) is 6.06. The van der Waals surface area contributed by atoms with Gasteiger partial charge in [0.2, 0.25) is 5.91 Å². The average Bonchev–Trinajstić information content (AvgIpc) is 2.65. The standard InChI is InChI=1S/C10H13BrN4O2/c1-6(16)14-3-4-15-7(5-14)8(11)13-9(15)10(17)12-2/h3-5H2,1-2H3,(H,12,17). The number of rotatable bonds is 1. The number of aromatic nitrogens is 2. The highest BCUT2D eigenvalue weighted by Gasteiger charge is 2.26. The molecule has 7 heteroatoms. The lowest BCUT2D eigenvalue weighted by Gasteiger charge is -2.27. The second-order valence-electron chi connectivity index (χ2n) is 3.84. The third-order valence-electron chi connectivity index (χ3n) is 2.83. The van der Waals surface area contributed by atoms with Crippen LogP contribution in [0.15, 0.2) is 4.60 Å². The van der Waals surface area contributed by atoms with Crippen LogP contribution in [0.25, 0.3) is 0 Å². The van der Waals surface area contributed by atoms with Crippen LogP contribution >= 0.6 is 15.9 Å². The van der Waals surface area contributed by atoms with Gasteiger partial charge < -0.3 is 14.8 Å². The van der Waals surface area contributed by atoms with Crippen LogP contribution in [0.4, 0.5) is 0 Å². The zero-order valence-electron chi connectivity index (χ0n) is 9.66. The van der Waals surface area contributed by atoms with Crippen LogP contribution in [0.1, 0.15) is 23.2 Å². The minimum absolute atomic E-state index is 0.0332. The number of nitrogens with one attached hydrogen (secondary N) is 1. The molecule has 1 aromatic heterocycles. The fourth-order valence-corrected chi connectivity index (χ4v) is 2.39. The van der Waals surface area contributed by atoms with Crippen LogP contribution in [0.5, 0.6) is 0 Å². The number of amides is 2. The van der Waals surface area contributed by atoms with Gasteiger partial charge in [-0.2, -0.15) is 0 Å². The van der Waals surface area contributed by atoms with Gasteiger partial charge in [0.25, 0.3) is 5.91 Å². The van der Waals surface area contributed by atoms with Gasteiger partial charge in [0.05, 0.1) is 12.2 Å². The van der Waals surface area contributed by atoms with Gasteiger partial charge in [0, 0.05) is 27.1 Å². The molecule has 2 amide bonds. The maximum Gasteiger partial charge on any atom is 0.287 e. The first-order chi connectivity index (χ1) is 8.04. The molecule has 0 radical (unpaired) electrons. The van der Waals surface area contributed by atoms with Gasteiger partial charge in [-0.1, -0.05) is 0 Å². The van der Waals surface area contributed by atoms with Crippen LogP contribution in [0, 0.1) is 0 Å². The average molecular weight is 301 g/mol. The smallest absolute Gasteiger partial charge is 0.287 e. The van der Waals surface area contributed by atoms with Crippen LogP contribution in [0.3, 0.4) is 0 Å². The summed E-state index contributed by atoms with van der Waals surface area (Å²) in [7, 11) is 1.57. The molecule has 1 aliphatic heterocycles. The number of hydrogen-bond acceptors (Lipinski definition) is 3. The molecule has 0 aromatic carbocycles. The Bertz CT molecular complexity index is 483. The van der Waals surface area contributed by atoms with E-state index in [2.05, 4.69) is 26.2 Å². The van der Waals surface area contributed by atoms with Crippen molar-refractivity contribution in [2.45, 2.75) is 20.0 Å². The Balaban J connectivity index is 2.37. The topological polar surface area (TPSA) is 67.2 Å². The Kier molecular flexibility index (Phi) is 3.19. The summed E-state index contributed by atoms with van der Waals surface area (Å²) in [5.41, 5.74) is 0.866. The molecule has 0 spiro atoms. The van der Waals surface area contributed by atoms with Crippen molar-refractivity contribution in [2.75, 3.05) is 13.6 Å². The maximum atomic E-state index is 11.6. The molecule has 0 fully saturated rings. The molecule has 2 heterocycles. The molecule has 1 N–H and O–H groups in total. The van der Waals surface area contributed by atoms with E-state index < -0.39 is 0 Å². The second-order valence-corrected chi connectivity index (χ2v) is 4.60. The van der Waals surface area contributed by atoms with Gasteiger partial charge in [-0.05, 0) is 15.9 Å².